The zero-order chi connectivity index (χ0) is 27.7. The maximum absolute atomic E-state index is 12.9. The lowest BCUT2D eigenvalue weighted by atomic mass is 9.55. The summed E-state index contributed by atoms with van der Waals surface area (Å²) in [6, 6.07) is 0. The van der Waals surface area contributed by atoms with Crippen molar-refractivity contribution in [1.82, 2.24) is 0 Å². The molecule has 2 N–H and O–H groups in total. The predicted molar refractivity (Wildman–Crippen MR) is 125 cm³/mol. The smallest absolute Gasteiger partial charge is 0.342 e. The average Bonchev–Trinajstić information content (AvgIpc) is 3.34. The molecular formula is C26H34O11. The van der Waals surface area contributed by atoms with Gasteiger partial charge in [-0.15, -0.1) is 0 Å². The lowest BCUT2D eigenvalue weighted by Gasteiger charge is -2.55. The second kappa shape index (κ2) is 8.64. The van der Waals surface area contributed by atoms with Crippen molar-refractivity contribution in [3.63, 3.8) is 0 Å². The Morgan fingerprint density at radius 2 is 1.62 bits per heavy atom. The van der Waals surface area contributed by atoms with Crippen LogP contribution in [0.1, 0.15) is 54.9 Å². The number of epoxide rings is 1. The minimum Gasteiger partial charge on any atom is -0.459 e. The Bertz CT molecular complexity index is 1090. The Labute approximate surface area is 214 Å². The van der Waals surface area contributed by atoms with Gasteiger partial charge in [-0.1, -0.05) is 18.6 Å². The van der Waals surface area contributed by atoms with Crippen LogP contribution in [-0.2, 0) is 42.9 Å². The third-order valence-electron chi connectivity index (χ3n) is 8.21. The first-order valence-electron chi connectivity index (χ1n) is 12.2. The standard InChI is InChI=1S/C26H34O11/c1-12-10-16(33-13(2)27)20(30)23(5)9-8-17(34-14(3)28)24(6,32)19(23)21(35-15(4)29)26-18(11-12)36-22(31)25(26,7)37-26/h8-9,11,16-21,30,32H,10H2,1-7H3/t16-,17-,18+,19-,20-,21+,23+,24-,25+,26+/m1/s1. The molecule has 4 aliphatic rings. The first kappa shape index (κ1) is 27.3. The zero-order valence-electron chi connectivity index (χ0n) is 22.0. The molecule has 37 heavy (non-hydrogen) atoms. The van der Waals surface area contributed by atoms with Crippen LogP contribution in [0.4, 0.5) is 0 Å². The van der Waals surface area contributed by atoms with Crippen LogP contribution in [-0.4, -0.2) is 81.4 Å². The normalized spacial score (nSPS) is 46.3. The average molecular weight is 523 g/mol. The quantitative estimate of drug-likeness (QED) is 0.235. The van der Waals surface area contributed by atoms with Gasteiger partial charge in [0.2, 0.25) is 0 Å². The molecule has 2 aliphatic carbocycles. The number of carbonyl (C=O) groups excluding carboxylic acids is 4. The van der Waals surface area contributed by atoms with Gasteiger partial charge in [-0.3, -0.25) is 14.4 Å². The number of ether oxygens (including phenoxy) is 5. The van der Waals surface area contributed by atoms with Crippen molar-refractivity contribution in [2.24, 2.45) is 11.3 Å². The van der Waals surface area contributed by atoms with Gasteiger partial charge in [0.25, 0.3) is 0 Å². The first-order valence-corrected chi connectivity index (χ1v) is 12.2. The number of rotatable bonds is 3. The van der Waals surface area contributed by atoms with Crippen molar-refractivity contribution < 1.29 is 53.1 Å². The minimum absolute atomic E-state index is 0.0888. The van der Waals surface area contributed by atoms with Crippen LogP contribution in [0.3, 0.4) is 0 Å². The molecule has 0 saturated carbocycles. The van der Waals surface area contributed by atoms with Crippen LogP contribution in [0.15, 0.2) is 23.8 Å². The molecule has 0 bridgehead atoms. The molecule has 11 nitrogen and oxygen atoms in total. The van der Waals surface area contributed by atoms with Crippen LogP contribution >= 0.6 is 0 Å². The van der Waals surface area contributed by atoms with E-state index >= 15 is 0 Å². The molecule has 2 heterocycles. The Morgan fingerprint density at radius 1 is 1.03 bits per heavy atom. The SMILES string of the molecule is CC(=O)O[C@@H]1CC(C)=C[C@@H]2OC(=O)[C@]3(C)O[C@]23[C@@H](OC(C)=O)[C@H]2[C@](C)(O)[C@H](OC(C)=O)C=C[C@]2(C)[C@@H]1O. The van der Waals surface area contributed by atoms with E-state index in [4.69, 9.17) is 23.7 Å². The van der Waals surface area contributed by atoms with E-state index < -0.39 is 82.5 Å². The van der Waals surface area contributed by atoms with Gasteiger partial charge in [0.1, 0.15) is 30.0 Å². The Balaban J connectivity index is 2.00. The molecule has 0 aromatic carbocycles. The summed E-state index contributed by atoms with van der Waals surface area (Å²) in [6.07, 6.45) is -1.33. The molecular weight excluding hydrogens is 488 g/mol. The van der Waals surface area contributed by atoms with E-state index in [1.165, 1.54) is 40.7 Å². The van der Waals surface area contributed by atoms with Gasteiger partial charge in [-0.05, 0) is 32.9 Å². The van der Waals surface area contributed by atoms with E-state index in [0.29, 0.717) is 5.57 Å². The van der Waals surface area contributed by atoms with Crippen LogP contribution in [0.5, 0.6) is 0 Å². The first-order chi connectivity index (χ1) is 17.0. The van der Waals surface area contributed by atoms with E-state index in [9.17, 15) is 29.4 Å². The molecule has 0 amide bonds. The summed E-state index contributed by atoms with van der Waals surface area (Å²) >= 11 is 0. The fourth-order valence-corrected chi connectivity index (χ4v) is 6.52. The lowest BCUT2D eigenvalue weighted by molar-refractivity contribution is -0.222. The molecule has 204 valence electrons. The van der Waals surface area contributed by atoms with Crippen LogP contribution in [0.2, 0.25) is 0 Å². The summed E-state index contributed by atoms with van der Waals surface area (Å²) in [5, 5.41) is 23.8. The second-order valence-corrected chi connectivity index (χ2v) is 11.1. The minimum atomic E-state index is -1.95. The number of fused-ring (bicyclic) bond motifs is 1. The fraction of sp³-hybridized carbons (Fsp3) is 0.692. The number of aliphatic hydroxyl groups is 2. The van der Waals surface area contributed by atoms with E-state index in [0.717, 1.165) is 0 Å². The molecule has 0 aromatic rings. The molecule has 2 aliphatic heterocycles. The molecule has 0 radical (unpaired) electrons. The topological polar surface area (TPSA) is 158 Å². The van der Waals surface area contributed by atoms with Gasteiger partial charge in [0.15, 0.2) is 17.3 Å². The molecule has 11 heteroatoms. The zero-order valence-corrected chi connectivity index (χ0v) is 22.0. The Morgan fingerprint density at radius 3 is 2.16 bits per heavy atom. The van der Waals surface area contributed by atoms with Crippen LogP contribution < -0.4 is 0 Å². The van der Waals surface area contributed by atoms with Crippen molar-refractivity contribution in [2.75, 3.05) is 0 Å². The molecule has 4 rings (SSSR count). The molecule has 0 aromatic heterocycles. The number of aliphatic hydroxyl groups excluding tert-OH is 1. The van der Waals surface area contributed by atoms with E-state index in [2.05, 4.69) is 0 Å². The molecule has 10 atom stereocenters. The summed E-state index contributed by atoms with van der Waals surface area (Å²) in [5.74, 6) is -3.91. The van der Waals surface area contributed by atoms with Gasteiger partial charge in [0, 0.05) is 38.5 Å². The van der Waals surface area contributed by atoms with Crippen molar-refractivity contribution >= 4 is 23.9 Å². The van der Waals surface area contributed by atoms with Gasteiger partial charge in [-0.25, -0.2) is 4.79 Å². The number of esters is 4. The van der Waals surface area contributed by atoms with Crippen molar-refractivity contribution in [3.8, 4) is 0 Å². The van der Waals surface area contributed by atoms with Crippen molar-refractivity contribution in [2.45, 2.75) is 102 Å². The maximum Gasteiger partial charge on any atom is 0.342 e. The number of hydrogen-bond acceptors (Lipinski definition) is 11. The monoisotopic (exact) mass is 522 g/mol. The third kappa shape index (κ3) is 3.98. The fourth-order valence-electron chi connectivity index (χ4n) is 6.52. The van der Waals surface area contributed by atoms with Crippen molar-refractivity contribution in [1.29, 1.82) is 0 Å². The van der Waals surface area contributed by atoms with Gasteiger partial charge < -0.3 is 33.9 Å². The molecule has 0 unspecified atom stereocenters. The highest BCUT2D eigenvalue weighted by Crippen LogP contribution is 2.65. The molecule has 2 saturated heterocycles. The Kier molecular flexibility index (Phi) is 6.37. The second-order valence-electron chi connectivity index (χ2n) is 11.1. The maximum atomic E-state index is 12.9. The molecule has 2 fully saturated rings. The summed E-state index contributed by atoms with van der Waals surface area (Å²) in [4.78, 5) is 49.3. The highest BCUT2D eigenvalue weighted by atomic mass is 16.7. The largest absolute Gasteiger partial charge is 0.459 e. The summed E-state index contributed by atoms with van der Waals surface area (Å²) in [6.45, 7) is 9.85. The van der Waals surface area contributed by atoms with Crippen LogP contribution in [0.25, 0.3) is 0 Å². The Hall–Kier alpha value is -2.76. The van der Waals surface area contributed by atoms with E-state index in [-0.39, 0.29) is 6.42 Å². The van der Waals surface area contributed by atoms with Crippen LogP contribution in [0, 0.1) is 11.3 Å². The third-order valence-corrected chi connectivity index (χ3v) is 8.21. The predicted octanol–water partition coefficient (Wildman–Crippen LogP) is 0.889. The van der Waals surface area contributed by atoms with Gasteiger partial charge in [0.05, 0.1) is 0 Å². The van der Waals surface area contributed by atoms with E-state index in [1.807, 2.05) is 0 Å². The van der Waals surface area contributed by atoms with Crippen molar-refractivity contribution in [3.05, 3.63) is 23.8 Å². The summed E-state index contributed by atoms with van der Waals surface area (Å²) < 4.78 is 28.5. The lowest BCUT2D eigenvalue weighted by Crippen LogP contribution is -2.68. The van der Waals surface area contributed by atoms with E-state index in [1.54, 1.807) is 26.0 Å². The summed E-state index contributed by atoms with van der Waals surface area (Å²) in [5.41, 5.74) is -5.78. The number of hydrogen-bond donors (Lipinski definition) is 2. The van der Waals surface area contributed by atoms with Gasteiger partial charge in [-0.2, -0.15) is 0 Å². The molecule has 1 spiro atoms. The summed E-state index contributed by atoms with van der Waals surface area (Å²) in [7, 11) is 0. The highest BCUT2D eigenvalue weighted by Gasteiger charge is 2.87. The highest BCUT2D eigenvalue weighted by molar-refractivity contribution is 5.89. The van der Waals surface area contributed by atoms with Gasteiger partial charge >= 0.3 is 23.9 Å². The number of carbonyl (C=O) groups is 4.